The second kappa shape index (κ2) is 9.37. The van der Waals surface area contributed by atoms with Gasteiger partial charge in [-0.2, -0.15) is 0 Å². The molecule has 160 valence electrons. The van der Waals surface area contributed by atoms with E-state index in [1.54, 1.807) is 41.5 Å². The Bertz CT molecular complexity index is 913. The number of benzene rings is 1. The van der Waals surface area contributed by atoms with Crippen LogP contribution in [0, 0.1) is 0 Å². The van der Waals surface area contributed by atoms with E-state index in [0.29, 0.717) is 24.4 Å². The molecule has 2 aromatic rings. The van der Waals surface area contributed by atoms with Crippen molar-refractivity contribution in [2.24, 2.45) is 0 Å². The number of nitrogens with zero attached hydrogens (tertiary/aromatic N) is 3. The molecule has 1 unspecified atom stereocenters. The van der Waals surface area contributed by atoms with Gasteiger partial charge in [0.2, 0.25) is 5.91 Å². The third-order valence-electron chi connectivity index (χ3n) is 5.75. The van der Waals surface area contributed by atoms with Crippen molar-refractivity contribution in [2.45, 2.75) is 25.4 Å². The Morgan fingerprint density at radius 2 is 1.93 bits per heavy atom. The van der Waals surface area contributed by atoms with Gasteiger partial charge in [0, 0.05) is 49.7 Å². The van der Waals surface area contributed by atoms with Crippen molar-refractivity contribution in [3.63, 3.8) is 0 Å². The molecule has 0 bridgehead atoms. The van der Waals surface area contributed by atoms with E-state index in [1.165, 1.54) is 4.88 Å². The molecule has 2 amide bonds. The fraction of sp³-hybridized carbons (Fsp3) is 0.455. The first-order valence-electron chi connectivity index (χ1n) is 10.3. The van der Waals surface area contributed by atoms with Gasteiger partial charge in [0.05, 0.1) is 11.4 Å². The highest BCUT2D eigenvalue weighted by Gasteiger charge is 2.38. The van der Waals surface area contributed by atoms with E-state index in [4.69, 9.17) is 16.3 Å². The summed E-state index contributed by atoms with van der Waals surface area (Å²) in [4.78, 5) is 33.7. The molecule has 1 atom stereocenters. The third-order valence-corrected chi connectivity index (χ3v) is 6.97. The number of carbonyl (C=O) groups is 2. The molecule has 1 aromatic carbocycles. The molecule has 4 rings (SSSR count). The first kappa shape index (κ1) is 21.2. The highest BCUT2D eigenvalue weighted by molar-refractivity contribution is 7.16. The van der Waals surface area contributed by atoms with Crippen LogP contribution in [0.2, 0.25) is 4.34 Å². The number of piperazine rings is 1. The SMILES string of the molecule is COc1cccc(C(=O)N2CCN(Cc3ccc(Cl)s3)CC2C(=O)N2CCCC2)c1. The van der Waals surface area contributed by atoms with Gasteiger partial charge < -0.3 is 14.5 Å². The quantitative estimate of drug-likeness (QED) is 0.705. The molecule has 2 saturated heterocycles. The zero-order valence-corrected chi connectivity index (χ0v) is 18.6. The largest absolute Gasteiger partial charge is 0.497 e. The second-order valence-electron chi connectivity index (χ2n) is 7.72. The van der Waals surface area contributed by atoms with E-state index in [1.807, 2.05) is 23.1 Å². The van der Waals surface area contributed by atoms with E-state index >= 15 is 0 Å². The summed E-state index contributed by atoms with van der Waals surface area (Å²) in [6, 6.07) is 10.6. The predicted octanol–water partition coefficient (Wildman–Crippen LogP) is 3.36. The van der Waals surface area contributed by atoms with Crippen LogP contribution in [0.5, 0.6) is 5.75 Å². The van der Waals surface area contributed by atoms with Crippen LogP contribution >= 0.6 is 22.9 Å². The molecule has 0 spiro atoms. The van der Waals surface area contributed by atoms with Crippen molar-refractivity contribution in [2.75, 3.05) is 39.8 Å². The van der Waals surface area contributed by atoms with Gasteiger partial charge in [0.25, 0.3) is 5.91 Å². The maximum Gasteiger partial charge on any atom is 0.254 e. The van der Waals surface area contributed by atoms with E-state index < -0.39 is 6.04 Å². The fourth-order valence-electron chi connectivity index (χ4n) is 4.16. The Hall–Kier alpha value is -2.09. The Morgan fingerprint density at radius 1 is 1.13 bits per heavy atom. The standard InChI is InChI=1S/C22H26ClN3O3S/c1-29-17-6-4-5-16(13-17)21(27)26-12-11-24(14-18-7-8-20(23)30-18)15-19(26)22(28)25-9-2-3-10-25/h4-8,13,19H,2-3,9-12,14-15H2,1H3. The number of likely N-dealkylation sites (tertiary alicyclic amines) is 1. The minimum absolute atomic E-state index is 0.0534. The van der Waals surface area contributed by atoms with Crippen molar-refractivity contribution in [3.8, 4) is 5.75 Å². The van der Waals surface area contributed by atoms with Crippen LogP contribution in [0.15, 0.2) is 36.4 Å². The summed E-state index contributed by atoms with van der Waals surface area (Å²) in [5.41, 5.74) is 0.548. The molecular formula is C22H26ClN3O3S. The van der Waals surface area contributed by atoms with Crippen LogP contribution in [0.1, 0.15) is 28.1 Å². The number of rotatable bonds is 5. The minimum Gasteiger partial charge on any atom is -0.497 e. The lowest BCUT2D eigenvalue weighted by Gasteiger charge is -2.41. The summed E-state index contributed by atoms with van der Waals surface area (Å²) in [5, 5.41) is 0. The number of carbonyl (C=O) groups excluding carboxylic acids is 2. The zero-order chi connectivity index (χ0) is 21.1. The molecule has 0 saturated carbocycles. The minimum atomic E-state index is -0.481. The first-order valence-corrected chi connectivity index (χ1v) is 11.4. The van der Waals surface area contributed by atoms with Gasteiger partial charge >= 0.3 is 0 Å². The van der Waals surface area contributed by atoms with E-state index in [-0.39, 0.29) is 11.8 Å². The third kappa shape index (κ3) is 4.63. The van der Waals surface area contributed by atoms with Crippen LogP contribution in [0.25, 0.3) is 0 Å². The lowest BCUT2D eigenvalue weighted by Crippen LogP contribution is -2.60. The van der Waals surface area contributed by atoms with Gasteiger partial charge in [-0.1, -0.05) is 17.7 Å². The first-order chi connectivity index (χ1) is 14.5. The summed E-state index contributed by atoms with van der Waals surface area (Å²) in [6.45, 7) is 4.05. The number of thiophene rings is 1. The van der Waals surface area contributed by atoms with Crippen molar-refractivity contribution in [1.29, 1.82) is 0 Å². The molecule has 8 heteroatoms. The van der Waals surface area contributed by atoms with Crippen molar-refractivity contribution >= 4 is 34.8 Å². The number of halogens is 1. The fourth-order valence-corrected chi connectivity index (χ4v) is 5.29. The van der Waals surface area contributed by atoms with E-state index in [0.717, 1.165) is 43.4 Å². The number of ether oxygens (including phenoxy) is 1. The van der Waals surface area contributed by atoms with Crippen LogP contribution < -0.4 is 4.74 Å². The maximum absolute atomic E-state index is 13.3. The van der Waals surface area contributed by atoms with Gasteiger partial charge in [0.15, 0.2) is 0 Å². The molecule has 0 radical (unpaired) electrons. The molecule has 30 heavy (non-hydrogen) atoms. The maximum atomic E-state index is 13.3. The van der Waals surface area contributed by atoms with Gasteiger partial charge in [-0.25, -0.2) is 0 Å². The summed E-state index contributed by atoms with van der Waals surface area (Å²) < 4.78 is 6.03. The van der Waals surface area contributed by atoms with Gasteiger partial charge in [-0.05, 0) is 43.2 Å². The molecule has 1 aromatic heterocycles. The van der Waals surface area contributed by atoms with Crippen molar-refractivity contribution in [1.82, 2.24) is 14.7 Å². The van der Waals surface area contributed by atoms with Gasteiger partial charge in [-0.3, -0.25) is 14.5 Å². The number of hydrogen-bond donors (Lipinski definition) is 0. The zero-order valence-electron chi connectivity index (χ0n) is 17.1. The average Bonchev–Trinajstić information content (AvgIpc) is 3.45. The van der Waals surface area contributed by atoms with Crippen LogP contribution in [0.4, 0.5) is 0 Å². The Kier molecular flexibility index (Phi) is 6.61. The summed E-state index contributed by atoms with van der Waals surface area (Å²) >= 11 is 7.64. The predicted molar refractivity (Wildman–Crippen MR) is 118 cm³/mol. The lowest BCUT2D eigenvalue weighted by molar-refractivity contribution is -0.137. The molecule has 2 fully saturated rings. The Labute approximate surface area is 186 Å². The summed E-state index contributed by atoms with van der Waals surface area (Å²) in [6.07, 6.45) is 2.05. The number of hydrogen-bond acceptors (Lipinski definition) is 5. The summed E-state index contributed by atoms with van der Waals surface area (Å²) in [7, 11) is 1.58. The van der Waals surface area contributed by atoms with E-state index in [9.17, 15) is 9.59 Å². The highest BCUT2D eigenvalue weighted by atomic mass is 35.5. The number of amides is 2. The topological polar surface area (TPSA) is 53.1 Å². The molecular weight excluding hydrogens is 422 g/mol. The van der Waals surface area contributed by atoms with Gasteiger partial charge in [-0.15, -0.1) is 11.3 Å². The van der Waals surface area contributed by atoms with Crippen molar-refractivity contribution in [3.05, 3.63) is 51.2 Å². The lowest BCUT2D eigenvalue weighted by atomic mass is 10.1. The summed E-state index contributed by atoms with van der Waals surface area (Å²) in [5.74, 6) is 0.569. The number of methoxy groups -OCH3 is 1. The molecule has 6 nitrogen and oxygen atoms in total. The molecule has 0 N–H and O–H groups in total. The molecule has 0 aliphatic carbocycles. The van der Waals surface area contributed by atoms with Crippen LogP contribution in [-0.2, 0) is 11.3 Å². The van der Waals surface area contributed by atoms with Crippen LogP contribution in [-0.4, -0.2) is 72.4 Å². The highest BCUT2D eigenvalue weighted by Crippen LogP contribution is 2.25. The molecule has 3 heterocycles. The average molecular weight is 448 g/mol. The normalized spacial score (nSPS) is 19.9. The monoisotopic (exact) mass is 447 g/mol. The Balaban J connectivity index is 1.55. The van der Waals surface area contributed by atoms with Gasteiger partial charge in [0.1, 0.15) is 11.8 Å². The second-order valence-corrected chi connectivity index (χ2v) is 9.52. The van der Waals surface area contributed by atoms with Crippen LogP contribution in [0.3, 0.4) is 0 Å². The van der Waals surface area contributed by atoms with E-state index in [2.05, 4.69) is 4.90 Å². The molecule has 2 aliphatic heterocycles. The van der Waals surface area contributed by atoms with Crippen molar-refractivity contribution < 1.29 is 14.3 Å². The molecule has 2 aliphatic rings. The Morgan fingerprint density at radius 3 is 2.63 bits per heavy atom. The smallest absolute Gasteiger partial charge is 0.254 e.